The number of amides is 2. The van der Waals surface area contributed by atoms with Crippen molar-refractivity contribution in [2.45, 2.75) is 37.0 Å². The summed E-state index contributed by atoms with van der Waals surface area (Å²) in [5.74, 6) is 0.188. The van der Waals surface area contributed by atoms with Crippen LogP contribution in [0.4, 0.5) is 0 Å². The summed E-state index contributed by atoms with van der Waals surface area (Å²) in [5.41, 5.74) is 6.94. The molecule has 0 bridgehead atoms. The van der Waals surface area contributed by atoms with E-state index in [0.29, 0.717) is 17.7 Å². The Morgan fingerprint density at radius 3 is 2.32 bits per heavy atom. The molecule has 0 saturated carbocycles. The van der Waals surface area contributed by atoms with Gasteiger partial charge in [-0.2, -0.15) is 0 Å². The molecule has 0 aliphatic carbocycles. The number of nitrogens with one attached hydrogen (secondary N) is 1. The van der Waals surface area contributed by atoms with E-state index < -0.39 is 11.9 Å². The van der Waals surface area contributed by atoms with E-state index >= 15 is 0 Å². The molecule has 4 nitrogen and oxygen atoms in total. The maximum atomic E-state index is 12.6. The second kappa shape index (κ2) is 9.28. The van der Waals surface area contributed by atoms with Gasteiger partial charge in [-0.3, -0.25) is 9.59 Å². The summed E-state index contributed by atoms with van der Waals surface area (Å²) in [4.78, 5) is 25.4. The fraction of sp³-hybridized carbons (Fsp3) is 0.300. The van der Waals surface area contributed by atoms with Gasteiger partial charge >= 0.3 is 0 Å². The predicted octanol–water partition coefficient (Wildman–Crippen LogP) is 3.61. The van der Waals surface area contributed by atoms with Gasteiger partial charge in [-0.05, 0) is 36.1 Å². The van der Waals surface area contributed by atoms with Gasteiger partial charge in [0.15, 0.2) is 0 Å². The molecule has 0 saturated heterocycles. The van der Waals surface area contributed by atoms with Crippen LogP contribution < -0.4 is 11.1 Å². The van der Waals surface area contributed by atoms with Gasteiger partial charge in [0, 0.05) is 16.2 Å². The fourth-order valence-corrected chi connectivity index (χ4v) is 3.42. The average Bonchev–Trinajstić information content (AvgIpc) is 2.60. The second-order valence-electron chi connectivity index (χ2n) is 6.32. The average molecular weight is 356 g/mol. The monoisotopic (exact) mass is 356 g/mol. The highest BCUT2D eigenvalue weighted by Gasteiger charge is 2.21. The maximum Gasteiger partial charge on any atom is 0.252 e. The van der Waals surface area contributed by atoms with Gasteiger partial charge in [-0.15, -0.1) is 11.8 Å². The lowest BCUT2D eigenvalue weighted by Gasteiger charge is -2.18. The summed E-state index contributed by atoms with van der Waals surface area (Å²) in [7, 11) is 0. The summed E-state index contributed by atoms with van der Waals surface area (Å²) in [6.07, 6.45) is 0.530. The van der Waals surface area contributed by atoms with Crippen LogP contribution >= 0.6 is 11.8 Å². The second-order valence-corrected chi connectivity index (χ2v) is 7.37. The molecule has 1 unspecified atom stereocenters. The Balaban J connectivity index is 2.10. The summed E-state index contributed by atoms with van der Waals surface area (Å²) in [6, 6.07) is 16.8. The number of hydrogen-bond acceptors (Lipinski definition) is 3. The summed E-state index contributed by atoms with van der Waals surface area (Å²) in [6.45, 7) is 3.99. The number of thioether (sulfide) groups is 1. The number of carbonyl (C=O) groups is 2. The molecule has 25 heavy (non-hydrogen) atoms. The van der Waals surface area contributed by atoms with Crippen molar-refractivity contribution < 1.29 is 9.59 Å². The lowest BCUT2D eigenvalue weighted by atomic mass is 10.0. The standard InChI is InChI=1S/C20H24N2O2S/c1-14(2)12-18(19(21)23)22-20(24)17-11-7-6-8-15(17)13-25-16-9-4-3-5-10-16/h3-11,14,18H,12-13H2,1-2H3,(H2,21,23)(H,22,24). The third-order valence-corrected chi connectivity index (χ3v) is 4.82. The Hall–Kier alpha value is -2.27. The van der Waals surface area contributed by atoms with Crippen molar-refractivity contribution in [1.29, 1.82) is 0 Å². The van der Waals surface area contributed by atoms with E-state index in [0.717, 1.165) is 10.5 Å². The van der Waals surface area contributed by atoms with Crippen LogP contribution in [0.15, 0.2) is 59.5 Å². The van der Waals surface area contributed by atoms with Crippen LogP contribution in [0.1, 0.15) is 36.2 Å². The first kappa shape index (κ1) is 19.1. The molecule has 0 heterocycles. The summed E-state index contributed by atoms with van der Waals surface area (Å²) >= 11 is 1.67. The Labute approximate surface area is 153 Å². The zero-order valence-corrected chi connectivity index (χ0v) is 15.4. The molecule has 0 radical (unpaired) electrons. The largest absolute Gasteiger partial charge is 0.368 e. The van der Waals surface area contributed by atoms with Gasteiger partial charge in [0.25, 0.3) is 5.91 Å². The van der Waals surface area contributed by atoms with E-state index in [1.54, 1.807) is 17.8 Å². The Kier molecular flexibility index (Phi) is 7.07. The highest BCUT2D eigenvalue weighted by atomic mass is 32.2. The number of rotatable bonds is 8. The molecule has 5 heteroatoms. The zero-order valence-electron chi connectivity index (χ0n) is 14.6. The van der Waals surface area contributed by atoms with Crippen molar-refractivity contribution in [2.75, 3.05) is 0 Å². The van der Waals surface area contributed by atoms with Crippen LogP contribution in [0.2, 0.25) is 0 Å². The first-order chi connectivity index (χ1) is 12.0. The minimum atomic E-state index is -0.651. The topological polar surface area (TPSA) is 72.2 Å². The van der Waals surface area contributed by atoms with E-state index in [1.165, 1.54) is 0 Å². The summed E-state index contributed by atoms with van der Waals surface area (Å²) < 4.78 is 0. The van der Waals surface area contributed by atoms with Crippen molar-refractivity contribution >= 4 is 23.6 Å². The van der Waals surface area contributed by atoms with Crippen LogP contribution in [0.5, 0.6) is 0 Å². The molecule has 1 atom stereocenters. The molecule has 0 aliphatic rings. The third kappa shape index (κ3) is 5.94. The van der Waals surface area contributed by atoms with Crippen molar-refractivity contribution in [1.82, 2.24) is 5.32 Å². The van der Waals surface area contributed by atoms with Gasteiger partial charge in [0.05, 0.1) is 0 Å². The number of primary amides is 1. The van der Waals surface area contributed by atoms with E-state index in [-0.39, 0.29) is 11.8 Å². The van der Waals surface area contributed by atoms with Crippen LogP contribution in [0.25, 0.3) is 0 Å². The van der Waals surface area contributed by atoms with Crippen molar-refractivity contribution in [3.8, 4) is 0 Å². The lowest BCUT2D eigenvalue weighted by molar-refractivity contribution is -0.120. The number of nitrogens with two attached hydrogens (primary N) is 1. The zero-order chi connectivity index (χ0) is 18.2. The molecule has 0 spiro atoms. The molecular formula is C20H24N2O2S. The lowest BCUT2D eigenvalue weighted by Crippen LogP contribution is -2.45. The van der Waals surface area contributed by atoms with Gasteiger partial charge in [-0.1, -0.05) is 50.2 Å². The fourth-order valence-electron chi connectivity index (χ4n) is 2.50. The number of carbonyl (C=O) groups excluding carboxylic acids is 2. The number of benzene rings is 2. The highest BCUT2D eigenvalue weighted by molar-refractivity contribution is 7.98. The highest BCUT2D eigenvalue weighted by Crippen LogP contribution is 2.24. The Morgan fingerprint density at radius 2 is 1.68 bits per heavy atom. The number of hydrogen-bond donors (Lipinski definition) is 2. The molecular weight excluding hydrogens is 332 g/mol. The van der Waals surface area contributed by atoms with Gasteiger partial charge < -0.3 is 11.1 Å². The first-order valence-corrected chi connectivity index (χ1v) is 9.32. The maximum absolute atomic E-state index is 12.6. The molecule has 2 aromatic rings. The molecule has 2 aromatic carbocycles. The van der Waals surface area contributed by atoms with Crippen LogP contribution in [0, 0.1) is 5.92 Å². The van der Waals surface area contributed by atoms with Crippen molar-refractivity contribution in [2.24, 2.45) is 11.7 Å². The van der Waals surface area contributed by atoms with Crippen molar-refractivity contribution in [3.63, 3.8) is 0 Å². The van der Waals surface area contributed by atoms with Crippen LogP contribution in [-0.2, 0) is 10.5 Å². The molecule has 132 valence electrons. The Bertz CT molecular complexity index is 717. The normalized spacial score (nSPS) is 12.0. The van der Waals surface area contributed by atoms with Gasteiger partial charge in [0.1, 0.15) is 6.04 Å². The quantitative estimate of drug-likeness (QED) is 0.710. The van der Waals surface area contributed by atoms with Crippen LogP contribution in [0.3, 0.4) is 0 Å². The van der Waals surface area contributed by atoms with Gasteiger partial charge in [0.2, 0.25) is 5.91 Å². The molecule has 2 rings (SSSR count). The van der Waals surface area contributed by atoms with Gasteiger partial charge in [-0.25, -0.2) is 0 Å². The van der Waals surface area contributed by atoms with E-state index in [1.807, 2.05) is 62.4 Å². The predicted molar refractivity (Wildman–Crippen MR) is 102 cm³/mol. The third-order valence-electron chi connectivity index (χ3n) is 3.76. The minimum absolute atomic E-state index is 0.256. The molecule has 0 aromatic heterocycles. The van der Waals surface area contributed by atoms with Crippen LogP contribution in [-0.4, -0.2) is 17.9 Å². The first-order valence-electron chi connectivity index (χ1n) is 8.33. The van der Waals surface area contributed by atoms with E-state index in [2.05, 4.69) is 5.32 Å². The minimum Gasteiger partial charge on any atom is -0.368 e. The van der Waals surface area contributed by atoms with E-state index in [9.17, 15) is 9.59 Å². The smallest absolute Gasteiger partial charge is 0.252 e. The van der Waals surface area contributed by atoms with E-state index in [4.69, 9.17) is 5.73 Å². The molecule has 0 aliphatic heterocycles. The van der Waals surface area contributed by atoms with Crippen molar-refractivity contribution in [3.05, 3.63) is 65.7 Å². The molecule has 0 fully saturated rings. The molecule has 2 amide bonds. The summed E-state index contributed by atoms with van der Waals surface area (Å²) in [5, 5.41) is 2.78. The molecule has 3 N–H and O–H groups in total. The Morgan fingerprint density at radius 1 is 1.04 bits per heavy atom. The SMILES string of the molecule is CC(C)CC(NC(=O)c1ccccc1CSc1ccccc1)C(N)=O.